The maximum Gasteiger partial charge on any atom is 0.407 e. The predicted octanol–water partition coefficient (Wildman–Crippen LogP) is 5.05. The first kappa shape index (κ1) is 30.4. The van der Waals surface area contributed by atoms with Gasteiger partial charge in [0.25, 0.3) is 0 Å². The summed E-state index contributed by atoms with van der Waals surface area (Å²) in [5.41, 5.74) is -0.530. The summed E-state index contributed by atoms with van der Waals surface area (Å²) < 4.78 is 46.0. The van der Waals surface area contributed by atoms with E-state index >= 15 is 0 Å². The topological polar surface area (TPSA) is 119 Å². The van der Waals surface area contributed by atoms with Gasteiger partial charge in [0.05, 0.1) is 25.0 Å². The summed E-state index contributed by atoms with van der Waals surface area (Å²) in [6.45, 7) is 12.0. The molecule has 0 bridgehead atoms. The van der Waals surface area contributed by atoms with Crippen LogP contribution in [0.5, 0.6) is 5.75 Å². The quantitative estimate of drug-likeness (QED) is 0.377. The van der Waals surface area contributed by atoms with Crippen molar-refractivity contribution in [3.63, 3.8) is 0 Å². The second-order valence-corrected chi connectivity index (χ2v) is 12.5. The van der Waals surface area contributed by atoms with Crippen LogP contribution in [0, 0.1) is 17.6 Å². The molecule has 11 nitrogen and oxygen atoms in total. The zero-order valence-corrected chi connectivity index (χ0v) is 25.2. The SMILES string of the molecule is CC(C)c1nnc(N2CCC(COc3cnc(N4CC(NC(=O)OC(C)(C)C)C(c5cc(F)ccc5F)C4)nc3)CC2)o1. The molecule has 0 saturated carbocycles. The summed E-state index contributed by atoms with van der Waals surface area (Å²) in [4.78, 5) is 25.5. The van der Waals surface area contributed by atoms with Crippen LogP contribution < -0.4 is 19.9 Å². The molecule has 0 radical (unpaired) electrons. The molecule has 2 aromatic heterocycles. The number of nitrogens with zero attached hydrogens (tertiary/aromatic N) is 6. The van der Waals surface area contributed by atoms with Crippen LogP contribution in [0.25, 0.3) is 0 Å². The molecule has 0 aliphatic carbocycles. The Morgan fingerprint density at radius 2 is 1.81 bits per heavy atom. The second kappa shape index (κ2) is 12.7. The third kappa shape index (κ3) is 7.68. The molecule has 2 saturated heterocycles. The van der Waals surface area contributed by atoms with E-state index in [-0.39, 0.29) is 24.6 Å². The average molecular weight is 600 g/mol. The van der Waals surface area contributed by atoms with Crippen molar-refractivity contribution >= 4 is 18.1 Å². The van der Waals surface area contributed by atoms with Gasteiger partial charge in [-0.1, -0.05) is 18.9 Å². The van der Waals surface area contributed by atoms with Crippen LogP contribution in [0.15, 0.2) is 35.0 Å². The molecule has 1 aromatic carbocycles. The van der Waals surface area contributed by atoms with Crippen molar-refractivity contribution in [1.82, 2.24) is 25.5 Å². The lowest BCUT2D eigenvalue weighted by Gasteiger charge is -2.30. The first-order valence-electron chi connectivity index (χ1n) is 14.7. The van der Waals surface area contributed by atoms with Crippen LogP contribution in [-0.2, 0) is 4.74 Å². The van der Waals surface area contributed by atoms with Crippen LogP contribution in [0.1, 0.15) is 70.8 Å². The first-order valence-corrected chi connectivity index (χ1v) is 14.7. The van der Waals surface area contributed by atoms with Gasteiger partial charge in [0.1, 0.15) is 17.2 Å². The van der Waals surface area contributed by atoms with Gasteiger partial charge in [-0.25, -0.2) is 23.5 Å². The van der Waals surface area contributed by atoms with Gasteiger partial charge in [0.15, 0.2) is 5.75 Å². The Morgan fingerprint density at radius 1 is 1.09 bits per heavy atom. The fourth-order valence-corrected chi connectivity index (χ4v) is 5.33. The minimum Gasteiger partial charge on any atom is -0.490 e. The second-order valence-electron chi connectivity index (χ2n) is 12.5. The highest BCUT2D eigenvalue weighted by Crippen LogP contribution is 2.32. The summed E-state index contributed by atoms with van der Waals surface area (Å²) >= 11 is 0. The van der Waals surface area contributed by atoms with Gasteiger partial charge in [-0.2, -0.15) is 0 Å². The lowest BCUT2D eigenvalue weighted by Crippen LogP contribution is -2.43. The third-order valence-corrected chi connectivity index (χ3v) is 7.57. The fourth-order valence-electron chi connectivity index (χ4n) is 5.33. The normalized spacial score (nSPS) is 19.6. The summed E-state index contributed by atoms with van der Waals surface area (Å²) in [5, 5.41) is 11.1. The molecule has 2 aliphatic heterocycles. The van der Waals surface area contributed by atoms with E-state index in [1.54, 1.807) is 33.2 Å². The minimum atomic E-state index is -0.705. The van der Waals surface area contributed by atoms with E-state index in [0.29, 0.717) is 36.1 Å². The van der Waals surface area contributed by atoms with Crippen molar-refractivity contribution in [3.8, 4) is 5.75 Å². The van der Waals surface area contributed by atoms with E-state index in [2.05, 4.69) is 30.4 Å². The third-order valence-electron chi connectivity index (χ3n) is 7.57. The largest absolute Gasteiger partial charge is 0.490 e. The molecule has 2 fully saturated rings. The lowest BCUT2D eigenvalue weighted by atomic mass is 9.94. The molecule has 5 rings (SSSR count). The van der Waals surface area contributed by atoms with Crippen LogP contribution in [0.4, 0.5) is 25.5 Å². The summed E-state index contributed by atoms with van der Waals surface area (Å²) in [6, 6.07) is 3.35. The number of rotatable bonds is 8. The number of carbonyl (C=O) groups excluding carboxylic acids is 1. The molecule has 2 aliphatic rings. The summed E-state index contributed by atoms with van der Waals surface area (Å²) in [7, 11) is 0. The maximum atomic E-state index is 14.8. The monoisotopic (exact) mass is 599 g/mol. The van der Waals surface area contributed by atoms with Gasteiger partial charge in [-0.05, 0) is 63.3 Å². The van der Waals surface area contributed by atoms with Crippen LogP contribution >= 0.6 is 0 Å². The van der Waals surface area contributed by atoms with Crippen LogP contribution in [0.2, 0.25) is 0 Å². The highest BCUT2D eigenvalue weighted by Gasteiger charge is 2.38. The van der Waals surface area contributed by atoms with Crippen molar-refractivity contribution in [1.29, 1.82) is 0 Å². The van der Waals surface area contributed by atoms with E-state index in [4.69, 9.17) is 13.9 Å². The van der Waals surface area contributed by atoms with Gasteiger partial charge in [0.2, 0.25) is 11.8 Å². The van der Waals surface area contributed by atoms with Gasteiger partial charge >= 0.3 is 12.1 Å². The number of alkyl carbamates (subject to hydrolysis) is 1. The Bertz CT molecular complexity index is 1390. The minimum absolute atomic E-state index is 0.175. The van der Waals surface area contributed by atoms with Crippen LogP contribution in [0.3, 0.4) is 0 Å². The van der Waals surface area contributed by atoms with Crippen molar-refractivity contribution in [2.75, 3.05) is 42.6 Å². The van der Waals surface area contributed by atoms with Crippen molar-refractivity contribution < 1.29 is 27.5 Å². The van der Waals surface area contributed by atoms with E-state index < -0.39 is 35.3 Å². The summed E-state index contributed by atoms with van der Waals surface area (Å²) in [6.07, 6.45) is 4.44. The highest BCUT2D eigenvalue weighted by atomic mass is 19.1. The number of halogens is 2. The Kier molecular flexibility index (Phi) is 8.97. The number of ether oxygens (including phenoxy) is 2. The fraction of sp³-hybridized carbons (Fsp3) is 0.567. The standard InChI is InChI=1S/C30H39F2N7O4/c1-18(2)26-36-37-28(42-26)38-10-8-19(9-11-38)17-41-21-13-33-27(34-14-21)39-15-23(22-12-20(31)6-7-24(22)32)25(16-39)35-29(40)43-30(3,4)5/h6-7,12-14,18-19,23,25H,8-11,15-17H2,1-5H3,(H,35,40). The van der Waals surface area contributed by atoms with Gasteiger partial charge in [-0.15, -0.1) is 5.10 Å². The number of piperidine rings is 1. The number of nitrogens with one attached hydrogen (secondary N) is 1. The van der Waals surface area contributed by atoms with Gasteiger partial charge in [-0.3, -0.25) is 0 Å². The van der Waals surface area contributed by atoms with E-state index in [1.807, 2.05) is 18.7 Å². The number of hydrogen-bond donors (Lipinski definition) is 1. The zero-order valence-electron chi connectivity index (χ0n) is 25.2. The molecule has 1 amide bonds. The van der Waals surface area contributed by atoms with Gasteiger partial charge < -0.3 is 29.0 Å². The number of anilines is 2. The Morgan fingerprint density at radius 3 is 2.47 bits per heavy atom. The van der Waals surface area contributed by atoms with Crippen molar-refractivity contribution in [3.05, 3.63) is 53.7 Å². The molecule has 0 spiro atoms. The smallest absolute Gasteiger partial charge is 0.407 e. The molecule has 4 heterocycles. The number of benzene rings is 1. The average Bonchev–Trinajstić information content (AvgIpc) is 3.61. The number of hydrogen-bond acceptors (Lipinski definition) is 10. The first-order chi connectivity index (χ1) is 20.4. The predicted molar refractivity (Wildman–Crippen MR) is 155 cm³/mol. The zero-order chi connectivity index (χ0) is 30.7. The van der Waals surface area contributed by atoms with E-state index in [9.17, 15) is 13.6 Å². The van der Waals surface area contributed by atoms with Gasteiger partial charge in [0, 0.05) is 38.0 Å². The Labute approximate surface area is 250 Å². The maximum absolute atomic E-state index is 14.8. The lowest BCUT2D eigenvalue weighted by molar-refractivity contribution is 0.0504. The Balaban J connectivity index is 1.18. The van der Waals surface area contributed by atoms with Crippen molar-refractivity contribution in [2.24, 2.45) is 5.92 Å². The highest BCUT2D eigenvalue weighted by molar-refractivity contribution is 5.68. The number of aromatic nitrogens is 4. The van der Waals surface area contributed by atoms with Crippen molar-refractivity contribution in [2.45, 2.75) is 70.9 Å². The molecule has 3 aromatic rings. The molecule has 1 N–H and O–H groups in total. The Hall–Kier alpha value is -4.03. The number of carbonyl (C=O) groups is 1. The molecule has 43 heavy (non-hydrogen) atoms. The van der Waals surface area contributed by atoms with E-state index in [0.717, 1.165) is 38.1 Å². The molecule has 2 unspecified atom stereocenters. The van der Waals surface area contributed by atoms with Crippen LogP contribution in [-0.4, -0.2) is 70.7 Å². The number of amides is 1. The molecular weight excluding hydrogens is 560 g/mol. The summed E-state index contributed by atoms with van der Waals surface area (Å²) in [5.74, 6) is 0.503. The molecular formula is C30H39F2N7O4. The molecule has 13 heteroatoms. The molecule has 2 atom stereocenters. The molecule has 232 valence electrons. The van der Waals surface area contributed by atoms with E-state index in [1.165, 1.54) is 6.07 Å².